The number of aromatic amines is 1. The first-order chi connectivity index (χ1) is 8.78. The van der Waals surface area contributed by atoms with Gasteiger partial charge in [-0.05, 0) is 44.5 Å². The number of H-pyrrole nitrogens is 1. The van der Waals surface area contributed by atoms with Crippen LogP contribution in [-0.4, -0.2) is 25.2 Å². The minimum Gasteiger partial charge on any atom is -0.496 e. The highest BCUT2D eigenvalue weighted by molar-refractivity contribution is 5.83. The fourth-order valence-corrected chi connectivity index (χ4v) is 2.93. The molecule has 0 spiro atoms. The van der Waals surface area contributed by atoms with Crippen molar-refractivity contribution in [1.82, 2.24) is 10.3 Å². The van der Waals surface area contributed by atoms with Gasteiger partial charge >= 0.3 is 0 Å². The normalized spacial score (nSPS) is 20.2. The fraction of sp³-hybridized carbons (Fsp3) is 0.467. The number of nitrogens with one attached hydrogen (secondary N) is 2. The van der Waals surface area contributed by atoms with E-state index in [2.05, 4.69) is 35.4 Å². The summed E-state index contributed by atoms with van der Waals surface area (Å²) in [5.74, 6) is 1.59. The summed E-state index contributed by atoms with van der Waals surface area (Å²) in [6, 6.07) is 6.59. The molecule has 2 N–H and O–H groups in total. The summed E-state index contributed by atoms with van der Waals surface area (Å²) >= 11 is 0. The van der Waals surface area contributed by atoms with Crippen molar-refractivity contribution in [3.63, 3.8) is 0 Å². The van der Waals surface area contributed by atoms with E-state index in [9.17, 15) is 0 Å². The standard InChI is InChI=1S/C15H20N2O/c1-10-6-12-7-15(18-2)13(8-14(12)17-10)11-4-3-5-16-9-11/h6-8,11,16-17H,3-5,9H2,1-2H3. The lowest BCUT2D eigenvalue weighted by Gasteiger charge is -2.24. The number of ether oxygens (including phenoxy) is 1. The third-order valence-corrected chi connectivity index (χ3v) is 3.84. The van der Waals surface area contributed by atoms with Crippen LogP contribution < -0.4 is 10.1 Å². The van der Waals surface area contributed by atoms with E-state index < -0.39 is 0 Å². The van der Waals surface area contributed by atoms with Crippen molar-refractivity contribution in [2.45, 2.75) is 25.7 Å². The van der Waals surface area contributed by atoms with Crippen molar-refractivity contribution in [2.75, 3.05) is 20.2 Å². The molecule has 1 fully saturated rings. The summed E-state index contributed by atoms with van der Waals surface area (Å²) in [7, 11) is 1.76. The van der Waals surface area contributed by atoms with Crippen LogP contribution in [0.2, 0.25) is 0 Å². The van der Waals surface area contributed by atoms with Crippen molar-refractivity contribution in [1.29, 1.82) is 0 Å². The van der Waals surface area contributed by atoms with Gasteiger partial charge in [-0.25, -0.2) is 0 Å². The van der Waals surface area contributed by atoms with Crippen LogP contribution in [0.1, 0.15) is 30.0 Å². The van der Waals surface area contributed by atoms with Crippen LogP contribution in [0.5, 0.6) is 5.75 Å². The number of hydrogen-bond acceptors (Lipinski definition) is 2. The van der Waals surface area contributed by atoms with E-state index in [1.165, 1.54) is 35.0 Å². The van der Waals surface area contributed by atoms with Gasteiger partial charge < -0.3 is 15.0 Å². The summed E-state index contributed by atoms with van der Waals surface area (Å²) in [6.07, 6.45) is 2.49. The van der Waals surface area contributed by atoms with Gasteiger partial charge in [-0.15, -0.1) is 0 Å². The first kappa shape index (κ1) is 11.6. The van der Waals surface area contributed by atoms with E-state index in [0.29, 0.717) is 5.92 Å². The number of piperidine rings is 1. The lowest BCUT2D eigenvalue weighted by atomic mass is 9.90. The highest BCUT2D eigenvalue weighted by Gasteiger charge is 2.19. The number of aryl methyl sites for hydroxylation is 1. The van der Waals surface area contributed by atoms with Crippen molar-refractivity contribution >= 4 is 10.9 Å². The molecule has 18 heavy (non-hydrogen) atoms. The number of hydrogen-bond donors (Lipinski definition) is 2. The smallest absolute Gasteiger partial charge is 0.123 e. The maximum Gasteiger partial charge on any atom is 0.123 e. The minimum absolute atomic E-state index is 0.571. The number of methoxy groups -OCH3 is 1. The van der Waals surface area contributed by atoms with Crippen molar-refractivity contribution in [2.24, 2.45) is 0 Å². The topological polar surface area (TPSA) is 37.0 Å². The summed E-state index contributed by atoms with van der Waals surface area (Å²) in [5.41, 5.74) is 3.75. The van der Waals surface area contributed by atoms with Gasteiger partial charge in [-0.3, -0.25) is 0 Å². The quantitative estimate of drug-likeness (QED) is 0.852. The molecular formula is C15H20N2O. The summed E-state index contributed by atoms with van der Waals surface area (Å²) in [4.78, 5) is 3.41. The third-order valence-electron chi connectivity index (χ3n) is 3.84. The molecular weight excluding hydrogens is 224 g/mol. The van der Waals surface area contributed by atoms with Gasteiger partial charge in [0.2, 0.25) is 0 Å². The monoisotopic (exact) mass is 244 g/mol. The minimum atomic E-state index is 0.571. The van der Waals surface area contributed by atoms with Crippen LogP contribution in [-0.2, 0) is 0 Å². The first-order valence-electron chi connectivity index (χ1n) is 6.66. The lowest BCUT2D eigenvalue weighted by molar-refractivity contribution is 0.393. The highest BCUT2D eigenvalue weighted by Crippen LogP contribution is 2.34. The molecule has 1 aromatic carbocycles. The van der Waals surface area contributed by atoms with E-state index in [-0.39, 0.29) is 0 Å². The van der Waals surface area contributed by atoms with Gasteiger partial charge in [-0.1, -0.05) is 0 Å². The van der Waals surface area contributed by atoms with Crippen LogP contribution in [0.4, 0.5) is 0 Å². The molecule has 3 rings (SSSR count). The maximum atomic E-state index is 5.57. The fourth-order valence-electron chi connectivity index (χ4n) is 2.93. The number of aromatic nitrogens is 1. The second kappa shape index (κ2) is 4.65. The molecule has 2 heterocycles. The average molecular weight is 244 g/mol. The second-order valence-electron chi connectivity index (χ2n) is 5.18. The Balaban J connectivity index is 2.07. The van der Waals surface area contributed by atoms with Gasteiger partial charge in [0.1, 0.15) is 5.75 Å². The Morgan fingerprint density at radius 3 is 2.89 bits per heavy atom. The maximum absolute atomic E-state index is 5.57. The van der Waals surface area contributed by atoms with Gasteiger partial charge in [0.15, 0.2) is 0 Å². The Kier molecular flexibility index (Phi) is 3.00. The van der Waals surface area contributed by atoms with Crippen LogP contribution >= 0.6 is 0 Å². The molecule has 0 saturated carbocycles. The number of benzene rings is 1. The van der Waals surface area contributed by atoms with E-state index in [1.54, 1.807) is 7.11 Å². The Bertz CT molecular complexity index is 553. The molecule has 2 aromatic rings. The second-order valence-corrected chi connectivity index (χ2v) is 5.18. The van der Waals surface area contributed by atoms with Crippen molar-refractivity contribution in [3.8, 4) is 5.75 Å². The molecule has 0 radical (unpaired) electrons. The van der Waals surface area contributed by atoms with E-state index >= 15 is 0 Å². The zero-order chi connectivity index (χ0) is 12.5. The number of rotatable bonds is 2. The molecule has 0 bridgehead atoms. The first-order valence-corrected chi connectivity index (χ1v) is 6.66. The predicted octanol–water partition coefficient (Wildman–Crippen LogP) is 2.95. The summed E-state index contributed by atoms with van der Waals surface area (Å²) in [5, 5.41) is 4.71. The Morgan fingerprint density at radius 2 is 2.17 bits per heavy atom. The molecule has 1 unspecified atom stereocenters. The molecule has 3 nitrogen and oxygen atoms in total. The lowest BCUT2D eigenvalue weighted by Crippen LogP contribution is -2.28. The largest absolute Gasteiger partial charge is 0.496 e. The predicted molar refractivity (Wildman–Crippen MR) is 74.4 cm³/mol. The van der Waals surface area contributed by atoms with Crippen LogP contribution in [0.3, 0.4) is 0 Å². The third kappa shape index (κ3) is 1.99. The molecule has 0 amide bonds. The van der Waals surface area contributed by atoms with Crippen LogP contribution in [0.15, 0.2) is 18.2 Å². The van der Waals surface area contributed by atoms with Gasteiger partial charge in [0.25, 0.3) is 0 Å². The molecule has 1 aliphatic heterocycles. The summed E-state index contributed by atoms with van der Waals surface area (Å²) < 4.78 is 5.57. The molecule has 1 aliphatic rings. The summed E-state index contributed by atoms with van der Waals surface area (Å²) in [6.45, 7) is 4.29. The van der Waals surface area contributed by atoms with E-state index in [1.807, 2.05) is 0 Å². The van der Waals surface area contributed by atoms with Gasteiger partial charge in [0.05, 0.1) is 7.11 Å². The molecule has 1 aromatic heterocycles. The Labute approximate surface area is 108 Å². The van der Waals surface area contributed by atoms with Crippen molar-refractivity contribution in [3.05, 3.63) is 29.5 Å². The van der Waals surface area contributed by atoms with E-state index in [4.69, 9.17) is 4.74 Å². The highest BCUT2D eigenvalue weighted by atomic mass is 16.5. The zero-order valence-electron chi connectivity index (χ0n) is 11.0. The van der Waals surface area contributed by atoms with Crippen molar-refractivity contribution < 1.29 is 4.74 Å². The molecule has 3 heteroatoms. The van der Waals surface area contributed by atoms with Crippen LogP contribution in [0.25, 0.3) is 10.9 Å². The Morgan fingerprint density at radius 1 is 1.28 bits per heavy atom. The Hall–Kier alpha value is -1.48. The van der Waals surface area contributed by atoms with Crippen LogP contribution in [0, 0.1) is 6.92 Å². The SMILES string of the molecule is COc1cc2cc(C)[nH]c2cc1C1CCCNC1. The molecule has 1 saturated heterocycles. The zero-order valence-corrected chi connectivity index (χ0v) is 11.0. The number of fused-ring (bicyclic) bond motifs is 1. The molecule has 1 atom stereocenters. The van der Waals surface area contributed by atoms with Gasteiger partial charge in [0, 0.05) is 34.6 Å². The molecule has 0 aliphatic carbocycles. The van der Waals surface area contributed by atoms with Gasteiger partial charge in [-0.2, -0.15) is 0 Å². The molecule has 96 valence electrons. The van der Waals surface area contributed by atoms with E-state index in [0.717, 1.165) is 18.8 Å². The average Bonchev–Trinajstić information content (AvgIpc) is 2.77.